The van der Waals surface area contributed by atoms with Gasteiger partial charge in [-0.2, -0.15) is 9.78 Å². The Morgan fingerprint density at radius 1 is 1.29 bits per heavy atom. The maximum atomic E-state index is 12.9. The second kappa shape index (κ2) is 10.6. The molecular formula is C22H19Br2N5O6. The van der Waals surface area contributed by atoms with E-state index in [-0.39, 0.29) is 34.0 Å². The summed E-state index contributed by atoms with van der Waals surface area (Å²) < 4.78 is 12.9. The molecule has 1 aromatic heterocycles. The van der Waals surface area contributed by atoms with Crippen LogP contribution in [0.2, 0.25) is 0 Å². The number of nitro groups is 1. The van der Waals surface area contributed by atoms with Crippen LogP contribution >= 0.6 is 31.9 Å². The number of ether oxygens (including phenoxy) is 2. The number of carbonyl (C=O) groups excluding carboxylic acids is 1. The zero-order valence-electron chi connectivity index (χ0n) is 18.4. The van der Waals surface area contributed by atoms with Gasteiger partial charge in [0.1, 0.15) is 5.82 Å². The molecule has 0 aliphatic carbocycles. The van der Waals surface area contributed by atoms with E-state index in [0.717, 1.165) is 9.15 Å². The lowest BCUT2D eigenvalue weighted by atomic mass is 10.2. The third-order valence-electron chi connectivity index (χ3n) is 5.24. The average molecular weight is 609 g/mol. The van der Waals surface area contributed by atoms with Crippen LogP contribution in [0.4, 0.5) is 5.69 Å². The first-order chi connectivity index (χ1) is 16.7. The highest BCUT2D eigenvalue weighted by Crippen LogP contribution is 2.36. The number of aryl methyl sites for hydroxylation is 1. The van der Waals surface area contributed by atoms with Crippen molar-refractivity contribution in [1.29, 1.82) is 0 Å². The Hall–Kier alpha value is -3.16. The lowest BCUT2D eigenvalue weighted by molar-refractivity contribution is -0.385. The third-order valence-corrected chi connectivity index (χ3v) is 6.32. The summed E-state index contributed by atoms with van der Waals surface area (Å²) in [5.41, 5.74) is 0.158. The summed E-state index contributed by atoms with van der Waals surface area (Å²) in [5.74, 6) is 0.000902. The fourth-order valence-corrected chi connectivity index (χ4v) is 4.45. The summed E-state index contributed by atoms with van der Waals surface area (Å²) in [4.78, 5) is 42.4. The number of morpholine rings is 1. The van der Waals surface area contributed by atoms with E-state index < -0.39 is 4.92 Å². The van der Waals surface area contributed by atoms with Crippen LogP contribution in [0, 0.1) is 17.0 Å². The summed E-state index contributed by atoms with van der Waals surface area (Å²) in [6.07, 6.45) is 1.32. The lowest BCUT2D eigenvalue weighted by Crippen LogP contribution is -2.43. The van der Waals surface area contributed by atoms with E-state index in [1.54, 1.807) is 36.1 Å². The number of fused-ring (bicyclic) bond motifs is 1. The van der Waals surface area contributed by atoms with Gasteiger partial charge in [0.25, 0.3) is 11.5 Å². The van der Waals surface area contributed by atoms with Crippen molar-refractivity contribution in [3.63, 3.8) is 0 Å². The molecule has 2 aromatic carbocycles. The molecule has 182 valence electrons. The highest BCUT2D eigenvalue weighted by Gasteiger charge is 2.23. The molecule has 0 saturated carbocycles. The van der Waals surface area contributed by atoms with E-state index in [2.05, 4.69) is 41.9 Å². The van der Waals surface area contributed by atoms with Gasteiger partial charge in [-0.15, -0.1) is 0 Å². The lowest BCUT2D eigenvalue weighted by Gasteiger charge is -2.26. The third kappa shape index (κ3) is 5.57. The minimum Gasteiger partial charge on any atom is -0.476 e. The number of nitrogens with zero attached hydrogens (tertiary/aromatic N) is 5. The molecule has 4 rings (SSSR count). The van der Waals surface area contributed by atoms with Gasteiger partial charge in [0, 0.05) is 29.2 Å². The van der Waals surface area contributed by atoms with Crippen LogP contribution < -0.4 is 10.3 Å². The smallest absolute Gasteiger partial charge is 0.312 e. The normalized spacial score (nSPS) is 14.0. The second-order valence-corrected chi connectivity index (χ2v) is 9.34. The molecule has 11 nitrogen and oxygen atoms in total. The maximum Gasteiger partial charge on any atom is 0.312 e. The molecule has 1 aliphatic rings. The summed E-state index contributed by atoms with van der Waals surface area (Å²) in [7, 11) is 0. The quantitative estimate of drug-likeness (QED) is 0.239. The number of rotatable bonds is 6. The van der Waals surface area contributed by atoms with Gasteiger partial charge in [-0.25, -0.2) is 4.98 Å². The van der Waals surface area contributed by atoms with Gasteiger partial charge < -0.3 is 14.4 Å². The summed E-state index contributed by atoms with van der Waals surface area (Å²) in [6.45, 7) is 3.06. The number of hydrogen-bond donors (Lipinski definition) is 0. The summed E-state index contributed by atoms with van der Waals surface area (Å²) in [6, 6.07) is 7.98. The van der Waals surface area contributed by atoms with Gasteiger partial charge in [-0.3, -0.25) is 19.7 Å². The first kappa shape index (κ1) is 24.9. The van der Waals surface area contributed by atoms with Crippen LogP contribution in [0.1, 0.15) is 11.4 Å². The molecule has 1 saturated heterocycles. The molecule has 13 heteroatoms. The van der Waals surface area contributed by atoms with Gasteiger partial charge >= 0.3 is 5.69 Å². The van der Waals surface area contributed by atoms with Crippen LogP contribution in [0.3, 0.4) is 0 Å². The highest BCUT2D eigenvalue weighted by atomic mass is 79.9. The van der Waals surface area contributed by atoms with Gasteiger partial charge in [-0.1, -0.05) is 15.9 Å². The van der Waals surface area contributed by atoms with E-state index in [1.165, 1.54) is 12.3 Å². The predicted molar refractivity (Wildman–Crippen MR) is 135 cm³/mol. The Bertz CT molecular complexity index is 1400. The Labute approximate surface area is 215 Å². The van der Waals surface area contributed by atoms with Crippen molar-refractivity contribution in [1.82, 2.24) is 14.6 Å². The summed E-state index contributed by atoms with van der Waals surface area (Å²) >= 11 is 6.63. The maximum absolute atomic E-state index is 12.9. The van der Waals surface area contributed by atoms with Crippen LogP contribution in [0.25, 0.3) is 10.9 Å². The number of carbonyl (C=O) groups is 1. The average Bonchev–Trinajstić information content (AvgIpc) is 2.83. The zero-order chi connectivity index (χ0) is 25.1. The molecule has 1 aliphatic heterocycles. The number of hydrogen-bond acceptors (Lipinski definition) is 8. The fourth-order valence-electron chi connectivity index (χ4n) is 3.51. The van der Waals surface area contributed by atoms with E-state index in [9.17, 15) is 19.7 Å². The number of benzene rings is 2. The van der Waals surface area contributed by atoms with Crippen molar-refractivity contribution in [2.24, 2.45) is 5.10 Å². The predicted octanol–water partition coefficient (Wildman–Crippen LogP) is 3.26. The molecule has 3 aromatic rings. The number of halogens is 2. The van der Waals surface area contributed by atoms with E-state index in [4.69, 9.17) is 9.47 Å². The number of amides is 1. The van der Waals surface area contributed by atoms with Crippen molar-refractivity contribution in [3.05, 3.63) is 71.1 Å². The molecule has 35 heavy (non-hydrogen) atoms. The number of nitro benzene ring substituents is 1. The standard InChI is InChI=1S/C22H19Br2N5O6/c1-13-26-18-3-2-15(23)10-16(18)22(31)28(13)25-11-14-8-17(24)21(19(9-14)29(32)33)35-12-20(30)27-4-6-34-7-5-27/h2-3,8-11H,4-7,12H2,1H3. The second-order valence-electron chi connectivity index (χ2n) is 7.57. The van der Waals surface area contributed by atoms with Gasteiger partial charge in [0.05, 0.1) is 39.7 Å². The van der Waals surface area contributed by atoms with Crippen LogP contribution in [-0.2, 0) is 9.53 Å². The van der Waals surface area contributed by atoms with Crippen molar-refractivity contribution >= 4 is 60.6 Å². The van der Waals surface area contributed by atoms with Crippen molar-refractivity contribution in [3.8, 4) is 5.75 Å². The first-order valence-electron chi connectivity index (χ1n) is 10.4. The first-order valence-corrected chi connectivity index (χ1v) is 12.0. The largest absolute Gasteiger partial charge is 0.476 e. The van der Waals surface area contributed by atoms with E-state index in [0.29, 0.717) is 48.6 Å². The molecule has 0 atom stereocenters. The molecule has 2 heterocycles. The zero-order valence-corrected chi connectivity index (χ0v) is 21.6. The highest BCUT2D eigenvalue weighted by molar-refractivity contribution is 9.10. The Kier molecular flexibility index (Phi) is 7.57. The molecule has 0 N–H and O–H groups in total. The SMILES string of the molecule is Cc1nc2ccc(Br)cc2c(=O)n1N=Cc1cc(Br)c(OCC(=O)N2CCOCC2)c([N+](=O)[O-])c1. The minimum atomic E-state index is -0.608. The molecule has 0 radical (unpaired) electrons. The molecule has 0 spiro atoms. The van der Waals surface area contributed by atoms with Crippen LogP contribution in [0.5, 0.6) is 5.75 Å². The monoisotopic (exact) mass is 607 g/mol. The Balaban J connectivity index is 1.61. The summed E-state index contributed by atoms with van der Waals surface area (Å²) in [5, 5.41) is 16.3. The Morgan fingerprint density at radius 3 is 2.74 bits per heavy atom. The number of aromatic nitrogens is 2. The molecular weight excluding hydrogens is 590 g/mol. The molecule has 1 fully saturated rings. The molecule has 1 amide bonds. The van der Waals surface area contributed by atoms with Crippen LogP contribution in [-0.4, -0.2) is 64.5 Å². The van der Waals surface area contributed by atoms with Gasteiger partial charge in [0.15, 0.2) is 6.61 Å². The minimum absolute atomic E-state index is 0.0701. The van der Waals surface area contributed by atoms with Gasteiger partial charge in [-0.05, 0) is 47.1 Å². The van der Waals surface area contributed by atoms with Crippen molar-refractivity contribution in [2.75, 3.05) is 32.9 Å². The van der Waals surface area contributed by atoms with Crippen molar-refractivity contribution < 1.29 is 19.2 Å². The fraction of sp³-hybridized carbons (Fsp3) is 0.273. The van der Waals surface area contributed by atoms with E-state index in [1.807, 2.05) is 0 Å². The Morgan fingerprint density at radius 2 is 2.03 bits per heavy atom. The van der Waals surface area contributed by atoms with E-state index >= 15 is 0 Å². The molecule has 0 bridgehead atoms. The topological polar surface area (TPSA) is 129 Å². The van der Waals surface area contributed by atoms with Gasteiger partial charge in [0.2, 0.25) is 5.75 Å². The molecule has 0 unspecified atom stereocenters. The van der Waals surface area contributed by atoms with Crippen molar-refractivity contribution in [2.45, 2.75) is 6.92 Å². The van der Waals surface area contributed by atoms with Crippen LogP contribution in [0.15, 0.2) is 49.2 Å².